The van der Waals surface area contributed by atoms with Crippen LogP contribution in [0.2, 0.25) is 0 Å². The molecule has 0 saturated carbocycles. The Kier molecular flexibility index (Phi) is 4.92. The molecule has 3 heterocycles. The van der Waals surface area contributed by atoms with Gasteiger partial charge < -0.3 is 14.4 Å². The van der Waals surface area contributed by atoms with E-state index in [1.54, 1.807) is 45.9 Å². The van der Waals surface area contributed by atoms with Crippen LogP contribution in [-0.2, 0) is 11.8 Å². The monoisotopic (exact) mass is 393 g/mol. The number of para-hydroxylation sites is 1. The van der Waals surface area contributed by atoms with E-state index in [0.717, 1.165) is 0 Å². The Hall–Kier alpha value is -3.42. The lowest BCUT2D eigenvalue weighted by molar-refractivity contribution is -0.132. The Labute approximate surface area is 168 Å². The highest BCUT2D eigenvalue weighted by molar-refractivity contribution is 6.00. The second kappa shape index (κ2) is 7.54. The van der Waals surface area contributed by atoms with Gasteiger partial charge in [-0.3, -0.25) is 14.4 Å². The summed E-state index contributed by atoms with van der Waals surface area (Å²) < 4.78 is 3.05. The van der Waals surface area contributed by atoms with Gasteiger partial charge in [0.05, 0.1) is 16.8 Å². The normalized spacial score (nSPS) is 14.4. The number of piperazine rings is 1. The number of pyridine rings is 1. The highest BCUT2D eigenvalue weighted by Crippen LogP contribution is 2.23. The van der Waals surface area contributed by atoms with E-state index < -0.39 is 0 Å². The molecule has 0 spiro atoms. The van der Waals surface area contributed by atoms with Crippen LogP contribution in [0.25, 0.3) is 16.9 Å². The summed E-state index contributed by atoms with van der Waals surface area (Å²) in [6.45, 7) is 3.81. The molecular formula is C21H23N5O3. The summed E-state index contributed by atoms with van der Waals surface area (Å²) in [6, 6.07) is 9.15. The van der Waals surface area contributed by atoms with E-state index in [0.29, 0.717) is 55.1 Å². The van der Waals surface area contributed by atoms with Gasteiger partial charge in [0.15, 0.2) is 0 Å². The van der Waals surface area contributed by atoms with Gasteiger partial charge in [0, 0.05) is 52.0 Å². The number of aryl methyl sites for hydroxylation is 1. The maximum absolute atomic E-state index is 13.2. The number of amides is 2. The number of fused-ring (bicyclic) bond motifs is 1. The molecule has 29 heavy (non-hydrogen) atoms. The Morgan fingerprint density at radius 1 is 1.00 bits per heavy atom. The molecule has 4 rings (SSSR count). The number of carbonyl (C=O) groups excluding carboxylic acids is 2. The zero-order valence-electron chi connectivity index (χ0n) is 16.5. The molecule has 0 aliphatic carbocycles. The van der Waals surface area contributed by atoms with Gasteiger partial charge in [-0.15, -0.1) is 0 Å². The van der Waals surface area contributed by atoms with E-state index in [1.165, 1.54) is 4.68 Å². The summed E-state index contributed by atoms with van der Waals surface area (Å²) >= 11 is 0. The maximum atomic E-state index is 13.2. The topological polar surface area (TPSA) is 80.4 Å². The van der Waals surface area contributed by atoms with Crippen molar-refractivity contribution in [3.05, 3.63) is 58.6 Å². The number of nitrogens with zero attached hydrogens (tertiary/aromatic N) is 5. The lowest BCUT2D eigenvalue weighted by Gasteiger charge is -2.34. The molecule has 0 aromatic heterocycles. The van der Waals surface area contributed by atoms with Gasteiger partial charge in [-0.2, -0.15) is 9.78 Å². The molecule has 1 saturated heterocycles. The van der Waals surface area contributed by atoms with Crippen molar-refractivity contribution in [3.8, 4) is 16.9 Å². The van der Waals surface area contributed by atoms with Crippen molar-refractivity contribution in [1.82, 2.24) is 24.1 Å². The van der Waals surface area contributed by atoms with Crippen LogP contribution in [0.1, 0.15) is 23.7 Å². The average Bonchev–Trinajstić information content (AvgIpc) is 3.09. The highest BCUT2D eigenvalue weighted by Gasteiger charge is 2.29. The third-order valence-corrected chi connectivity index (χ3v) is 5.25. The lowest BCUT2D eigenvalue weighted by atomic mass is 10.1. The molecule has 1 fully saturated rings. The zero-order chi connectivity index (χ0) is 20.5. The van der Waals surface area contributed by atoms with Crippen LogP contribution in [0.15, 0.2) is 47.5 Å². The van der Waals surface area contributed by atoms with E-state index in [1.807, 2.05) is 25.1 Å². The first kappa shape index (κ1) is 18.9. The fourth-order valence-corrected chi connectivity index (χ4v) is 3.69. The maximum Gasteiger partial charge on any atom is 0.282 e. The lowest BCUT2D eigenvalue weighted by Crippen LogP contribution is -2.50. The molecule has 8 heteroatoms. The first-order chi connectivity index (χ1) is 14.0. The van der Waals surface area contributed by atoms with Crippen molar-refractivity contribution >= 4 is 11.8 Å². The molecule has 8 nitrogen and oxygen atoms in total. The van der Waals surface area contributed by atoms with Gasteiger partial charge >= 0.3 is 0 Å². The van der Waals surface area contributed by atoms with Gasteiger partial charge in [-0.1, -0.05) is 25.1 Å². The van der Waals surface area contributed by atoms with E-state index in [-0.39, 0.29) is 17.4 Å². The number of rotatable bonds is 3. The average molecular weight is 393 g/mol. The molecule has 0 unspecified atom stereocenters. The molecule has 3 aliphatic heterocycles. The SMILES string of the molecule is CCC(=O)N1CCN(C(=O)c2cn(C)cc3c(=O)n(-c4ccccc4)nc2-3)CC1. The third kappa shape index (κ3) is 3.41. The molecule has 1 aromatic rings. The van der Waals surface area contributed by atoms with Crippen LogP contribution >= 0.6 is 0 Å². The van der Waals surface area contributed by atoms with Crippen molar-refractivity contribution in [2.75, 3.05) is 26.2 Å². The van der Waals surface area contributed by atoms with Crippen LogP contribution < -0.4 is 5.56 Å². The minimum Gasteiger partial charge on any atom is -0.356 e. The molecule has 1 aromatic carbocycles. The minimum atomic E-state index is -0.255. The van der Waals surface area contributed by atoms with Gasteiger partial charge in [-0.25, -0.2) is 0 Å². The minimum absolute atomic E-state index is 0.100. The van der Waals surface area contributed by atoms with Crippen molar-refractivity contribution in [1.29, 1.82) is 0 Å². The summed E-state index contributed by atoms with van der Waals surface area (Å²) in [7, 11) is 1.79. The second-order valence-electron chi connectivity index (χ2n) is 7.18. The molecule has 0 radical (unpaired) electrons. The predicted molar refractivity (Wildman–Crippen MR) is 108 cm³/mol. The third-order valence-electron chi connectivity index (χ3n) is 5.25. The fourth-order valence-electron chi connectivity index (χ4n) is 3.69. The quantitative estimate of drug-likeness (QED) is 0.673. The Morgan fingerprint density at radius 3 is 2.31 bits per heavy atom. The Bertz CT molecular complexity index is 1080. The smallest absolute Gasteiger partial charge is 0.282 e. The summed E-state index contributed by atoms with van der Waals surface area (Å²) in [6.07, 6.45) is 3.86. The first-order valence-corrected chi connectivity index (χ1v) is 9.71. The highest BCUT2D eigenvalue weighted by atomic mass is 16.2. The van der Waals surface area contributed by atoms with Crippen molar-refractivity contribution < 1.29 is 9.59 Å². The van der Waals surface area contributed by atoms with Gasteiger partial charge in [0.25, 0.3) is 11.5 Å². The van der Waals surface area contributed by atoms with E-state index in [2.05, 4.69) is 5.10 Å². The number of carbonyl (C=O) groups is 2. The summed E-state index contributed by atoms with van der Waals surface area (Å²) in [5, 5.41) is 4.47. The van der Waals surface area contributed by atoms with Crippen molar-refractivity contribution in [2.24, 2.45) is 7.05 Å². The van der Waals surface area contributed by atoms with Gasteiger partial charge in [-0.05, 0) is 12.1 Å². The summed E-state index contributed by atoms with van der Waals surface area (Å²) in [5.41, 5.74) is 1.60. The Morgan fingerprint density at radius 2 is 1.66 bits per heavy atom. The van der Waals surface area contributed by atoms with E-state index >= 15 is 0 Å². The Balaban J connectivity index is 1.68. The molecule has 0 atom stereocenters. The number of hydrogen-bond donors (Lipinski definition) is 0. The van der Waals surface area contributed by atoms with Crippen LogP contribution in [-0.4, -0.2) is 62.1 Å². The number of aromatic nitrogens is 3. The number of hydrogen-bond acceptors (Lipinski definition) is 4. The standard InChI is InChI=1S/C21H23N5O3/c1-3-18(27)24-9-11-25(12-10-24)20(28)16-13-23(2)14-17-19(16)22-26(21(17)29)15-7-5-4-6-8-15/h4-8,13-14H,3,9-12H2,1-2H3. The molecule has 3 aliphatic rings. The van der Waals surface area contributed by atoms with Crippen molar-refractivity contribution in [2.45, 2.75) is 13.3 Å². The summed E-state index contributed by atoms with van der Waals surface area (Å²) in [5.74, 6) is -0.0734. The summed E-state index contributed by atoms with van der Waals surface area (Å²) in [4.78, 5) is 41.5. The van der Waals surface area contributed by atoms with Crippen molar-refractivity contribution in [3.63, 3.8) is 0 Å². The predicted octanol–water partition coefficient (Wildman–Crippen LogP) is 1.37. The molecule has 0 bridgehead atoms. The molecule has 150 valence electrons. The van der Waals surface area contributed by atoms with E-state index in [4.69, 9.17) is 0 Å². The van der Waals surface area contributed by atoms with Crippen LogP contribution in [0, 0.1) is 0 Å². The molecule has 0 N–H and O–H groups in total. The molecule has 2 amide bonds. The van der Waals surface area contributed by atoms with Crippen LogP contribution in [0.5, 0.6) is 0 Å². The zero-order valence-corrected chi connectivity index (χ0v) is 16.5. The van der Waals surface area contributed by atoms with Gasteiger partial charge in [0.2, 0.25) is 5.91 Å². The van der Waals surface area contributed by atoms with Crippen LogP contribution in [0.3, 0.4) is 0 Å². The second-order valence-corrected chi connectivity index (χ2v) is 7.18. The largest absolute Gasteiger partial charge is 0.356 e. The fraction of sp³-hybridized carbons (Fsp3) is 0.333. The molecular weight excluding hydrogens is 370 g/mol. The number of benzene rings is 1. The van der Waals surface area contributed by atoms with Crippen LogP contribution in [0.4, 0.5) is 0 Å². The van der Waals surface area contributed by atoms with Gasteiger partial charge in [0.1, 0.15) is 5.69 Å². The first-order valence-electron chi connectivity index (χ1n) is 9.71. The van der Waals surface area contributed by atoms with E-state index in [9.17, 15) is 14.4 Å².